The monoisotopic (exact) mass is 343 g/mol. The molecule has 0 atom stereocenters. The number of benzene rings is 1. The highest BCUT2D eigenvalue weighted by atomic mass is 19.1. The van der Waals surface area contributed by atoms with Crippen LogP contribution in [0.15, 0.2) is 48.8 Å². The first kappa shape index (κ1) is 18.6. The van der Waals surface area contributed by atoms with Crippen LogP contribution in [0.5, 0.6) is 0 Å². The summed E-state index contributed by atoms with van der Waals surface area (Å²) in [6, 6.07) is 10.3. The number of hydrogen-bond acceptors (Lipinski definition) is 3. The second kappa shape index (κ2) is 9.52. The second-order valence-electron chi connectivity index (χ2n) is 5.75. The van der Waals surface area contributed by atoms with Crippen molar-refractivity contribution in [2.24, 2.45) is 0 Å². The fourth-order valence-corrected chi connectivity index (χ4v) is 2.46. The summed E-state index contributed by atoms with van der Waals surface area (Å²) in [5.41, 5.74) is 1.48. The van der Waals surface area contributed by atoms with Gasteiger partial charge in [0.25, 0.3) is 0 Å². The van der Waals surface area contributed by atoms with E-state index in [0.29, 0.717) is 25.1 Å². The molecule has 0 radical (unpaired) electrons. The summed E-state index contributed by atoms with van der Waals surface area (Å²) in [6.45, 7) is 2.50. The van der Waals surface area contributed by atoms with Crippen molar-refractivity contribution in [1.82, 2.24) is 15.2 Å². The van der Waals surface area contributed by atoms with Gasteiger partial charge < -0.3 is 10.2 Å². The molecule has 1 aromatic heterocycles. The third kappa shape index (κ3) is 6.33. The molecule has 0 saturated carbocycles. The fourth-order valence-electron chi connectivity index (χ4n) is 2.46. The summed E-state index contributed by atoms with van der Waals surface area (Å²) in [6.07, 6.45) is 4.01. The van der Waals surface area contributed by atoms with Crippen LogP contribution in [0.1, 0.15) is 24.5 Å². The van der Waals surface area contributed by atoms with E-state index in [4.69, 9.17) is 0 Å². The maximum atomic E-state index is 13.8. The van der Waals surface area contributed by atoms with Gasteiger partial charge in [-0.3, -0.25) is 14.6 Å². The fraction of sp³-hybridized carbons (Fsp3) is 0.316. The van der Waals surface area contributed by atoms with Gasteiger partial charge in [0.05, 0.1) is 0 Å². The van der Waals surface area contributed by atoms with Gasteiger partial charge in [0, 0.05) is 45.4 Å². The molecule has 0 unspecified atom stereocenters. The van der Waals surface area contributed by atoms with Crippen LogP contribution in [0.2, 0.25) is 0 Å². The summed E-state index contributed by atoms with van der Waals surface area (Å²) in [7, 11) is 0. The number of pyridine rings is 1. The van der Waals surface area contributed by atoms with Crippen molar-refractivity contribution in [3.05, 3.63) is 65.7 Å². The average Bonchev–Trinajstić information content (AvgIpc) is 2.60. The van der Waals surface area contributed by atoms with E-state index in [1.165, 1.54) is 13.0 Å². The lowest BCUT2D eigenvalue weighted by Gasteiger charge is -2.23. The first-order valence-electron chi connectivity index (χ1n) is 8.21. The molecule has 0 fully saturated rings. The number of rotatable bonds is 8. The number of nitrogens with zero attached hydrogens (tertiary/aromatic N) is 2. The van der Waals surface area contributed by atoms with Crippen molar-refractivity contribution in [1.29, 1.82) is 0 Å². The third-order valence-electron chi connectivity index (χ3n) is 3.77. The molecule has 6 heteroatoms. The van der Waals surface area contributed by atoms with Crippen LogP contribution in [-0.4, -0.2) is 34.8 Å². The maximum Gasteiger partial charge on any atom is 0.224 e. The van der Waals surface area contributed by atoms with Crippen molar-refractivity contribution in [3.63, 3.8) is 0 Å². The Morgan fingerprint density at radius 2 is 2.00 bits per heavy atom. The molecule has 5 nitrogen and oxygen atoms in total. The number of nitrogens with one attached hydrogen (secondary N) is 1. The second-order valence-corrected chi connectivity index (χ2v) is 5.75. The Bertz CT molecular complexity index is 707. The maximum absolute atomic E-state index is 13.8. The van der Waals surface area contributed by atoms with Gasteiger partial charge in [-0.25, -0.2) is 4.39 Å². The van der Waals surface area contributed by atoms with Gasteiger partial charge in [-0.15, -0.1) is 0 Å². The molecule has 132 valence electrons. The summed E-state index contributed by atoms with van der Waals surface area (Å²) < 4.78 is 13.8. The normalized spacial score (nSPS) is 10.3. The van der Waals surface area contributed by atoms with Gasteiger partial charge in [0.15, 0.2) is 0 Å². The number of carbonyl (C=O) groups is 2. The number of halogens is 1. The van der Waals surface area contributed by atoms with Crippen LogP contribution in [0, 0.1) is 5.82 Å². The topological polar surface area (TPSA) is 62.3 Å². The smallest absolute Gasteiger partial charge is 0.224 e. The molecule has 25 heavy (non-hydrogen) atoms. The zero-order valence-corrected chi connectivity index (χ0v) is 14.2. The number of carbonyl (C=O) groups excluding carboxylic acids is 2. The Balaban J connectivity index is 2.01. The number of amides is 2. The van der Waals surface area contributed by atoms with Crippen LogP contribution in [-0.2, 0) is 22.6 Å². The Hall–Kier alpha value is -2.76. The molecule has 0 bridgehead atoms. The average molecular weight is 343 g/mol. The molecular weight excluding hydrogens is 321 g/mol. The van der Waals surface area contributed by atoms with Gasteiger partial charge in [0.1, 0.15) is 5.82 Å². The molecule has 0 aliphatic carbocycles. The zero-order chi connectivity index (χ0) is 18.1. The van der Waals surface area contributed by atoms with Crippen molar-refractivity contribution in [2.45, 2.75) is 26.3 Å². The van der Waals surface area contributed by atoms with Crippen LogP contribution in [0.3, 0.4) is 0 Å². The van der Waals surface area contributed by atoms with Crippen LogP contribution in [0.25, 0.3) is 0 Å². The van der Waals surface area contributed by atoms with E-state index in [1.807, 2.05) is 12.1 Å². The zero-order valence-electron chi connectivity index (χ0n) is 14.2. The Kier molecular flexibility index (Phi) is 7.07. The van der Waals surface area contributed by atoms with E-state index in [1.54, 1.807) is 35.5 Å². The van der Waals surface area contributed by atoms with E-state index in [-0.39, 0.29) is 30.6 Å². The summed E-state index contributed by atoms with van der Waals surface area (Å²) >= 11 is 0. The largest absolute Gasteiger partial charge is 0.356 e. The van der Waals surface area contributed by atoms with E-state index < -0.39 is 0 Å². The Morgan fingerprint density at radius 1 is 1.20 bits per heavy atom. The molecule has 1 heterocycles. The highest BCUT2D eigenvalue weighted by Crippen LogP contribution is 2.11. The van der Waals surface area contributed by atoms with Crippen LogP contribution < -0.4 is 5.32 Å². The van der Waals surface area contributed by atoms with E-state index >= 15 is 0 Å². The molecular formula is C19H22FN3O2. The standard InChI is InChI=1S/C19H22FN3O2/c1-15(24)22-11-8-19(25)23(14-16-5-4-10-21-13-16)12-9-17-6-2-3-7-18(17)20/h2-7,10,13H,8-9,11-12,14H2,1H3,(H,22,24). The van der Waals surface area contributed by atoms with Gasteiger partial charge in [0.2, 0.25) is 11.8 Å². The van der Waals surface area contributed by atoms with Gasteiger partial charge >= 0.3 is 0 Å². The predicted octanol–water partition coefficient (Wildman–Crippen LogP) is 2.32. The summed E-state index contributed by atoms with van der Waals surface area (Å²) in [5.74, 6) is -0.526. The van der Waals surface area contributed by atoms with E-state index in [2.05, 4.69) is 10.3 Å². The van der Waals surface area contributed by atoms with E-state index in [0.717, 1.165) is 5.56 Å². The number of aromatic nitrogens is 1. The van der Waals surface area contributed by atoms with Gasteiger partial charge in [-0.05, 0) is 29.7 Å². The predicted molar refractivity (Wildman–Crippen MR) is 93.1 cm³/mol. The lowest BCUT2D eigenvalue weighted by molar-refractivity contribution is -0.131. The third-order valence-corrected chi connectivity index (χ3v) is 3.77. The summed E-state index contributed by atoms with van der Waals surface area (Å²) in [4.78, 5) is 29.2. The first-order valence-corrected chi connectivity index (χ1v) is 8.21. The SMILES string of the molecule is CC(=O)NCCC(=O)N(CCc1ccccc1F)Cc1cccnc1. The lowest BCUT2D eigenvalue weighted by atomic mass is 10.1. The molecule has 2 aromatic rings. The van der Waals surface area contributed by atoms with Crippen LogP contribution >= 0.6 is 0 Å². The molecule has 0 spiro atoms. The molecule has 0 aliphatic rings. The minimum absolute atomic E-state index is 0.0889. The minimum Gasteiger partial charge on any atom is -0.356 e. The molecule has 0 saturated heterocycles. The Labute approximate surface area is 146 Å². The molecule has 2 rings (SSSR count). The van der Waals surface area contributed by atoms with Gasteiger partial charge in [-0.1, -0.05) is 24.3 Å². The quantitative estimate of drug-likeness (QED) is 0.800. The van der Waals surface area contributed by atoms with Crippen molar-refractivity contribution < 1.29 is 14.0 Å². The number of hydrogen-bond donors (Lipinski definition) is 1. The highest BCUT2D eigenvalue weighted by Gasteiger charge is 2.15. The molecule has 2 amide bonds. The van der Waals surface area contributed by atoms with Gasteiger partial charge in [-0.2, -0.15) is 0 Å². The van der Waals surface area contributed by atoms with E-state index in [9.17, 15) is 14.0 Å². The molecule has 0 aliphatic heterocycles. The minimum atomic E-state index is -0.269. The van der Waals surface area contributed by atoms with Crippen LogP contribution in [0.4, 0.5) is 4.39 Å². The van der Waals surface area contributed by atoms with Crippen molar-refractivity contribution in [3.8, 4) is 0 Å². The van der Waals surface area contributed by atoms with Crippen molar-refractivity contribution >= 4 is 11.8 Å². The highest BCUT2D eigenvalue weighted by molar-refractivity contribution is 5.78. The molecule has 1 N–H and O–H groups in total. The first-order chi connectivity index (χ1) is 12.1. The Morgan fingerprint density at radius 3 is 2.68 bits per heavy atom. The summed E-state index contributed by atoms with van der Waals surface area (Å²) in [5, 5.41) is 2.62. The lowest BCUT2D eigenvalue weighted by Crippen LogP contribution is -2.35. The van der Waals surface area contributed by atoms with Crippen molar-refractivity contribution in [2.75, 3.05) is 13.1 Å². The molecule has 1 aromatic carbocycles.